The largest absolute Gasteiger partial charge is 0.348 e. The van der Waals surface area contributed by atoms with Crippen LogP contribution >= 0.6 is 11.8 Å². The van der Waals surface area contributed by atoms with E-state index in [1.165, 1.54) is 16.3 Å². The Morgan fingerprint density at radius 2 is 1.88 bits per heavy atom. The zero-order chi connectivity index (χ0) is 22.8. The van der Waals surface area contributed by atoms with Gasteiger partial charge in [0, 0.05) is 29.7 Å². The van der Waals surface area contributed by atoms with E-state index in [0.717, 1.165) is 35.5 Å². The van der Waals surface area contributed by atoms with Crippen LogP contribution in [-0.4, -0.2) is 30.6 Å². The molecule has 0 atom stereocenters. The average Bonchev–Trinajstić information content (AvgIpc) is 3.07. The van der Waals surface area contributed by atoms with Crippen LogP contribution in [0.4, 0.5) is 0 Å². The SMILES string of the molecule is CCCn1c(C)cc(C(=O)CSc2nc3ccccc3c(=O)n2-c2ncccc2C)c1C. The molecule has 4 aromatic rings. The van der Waals surface area contributed by atoms with Crippen molar-refractivity contribution in [1.29, 1.82) is 0 Å². The molecule has 0 N–H and O–H groups in total. The van der Waals surface area contributed by atoms with Crippen molar-refractivity contribution in [3.05, 3.63) is 81.5 Å². The van der Waals surface area contributed by atoms with E-state index in [1.54, 1.807) is 12.3 Å². The molecule has 0 aliphatic carbocycles. The molecule has 0 spiro atoms. The Balaban J connectivity index is 1.74. The predicted octanol–water partition coefficient (Wildman–Crippen LogP) is 4.89. The monoisotopic (exact) mass is 446 g/mol. The van der Waals surface area contributed by atoms with Crippen LogP contribution in [0.1, 0.15) is 40.7 Å². The highest BCUT2D eigenvalue weighted by molar-refractivity contribution is 7.99. The van der Waals surface area contributed by atoms with Gasteiger partial charge in [-0.25, -0.2) is 14.5 Å². The molecule has 164 valence electrons. The smallest absolute Gasteiger partial charge is 0.267 e. The molecule has 7 heteroatoms. The molecule has 0 amide bonds. The van der Waals surface area contributed by atoms with Gasteiger partial charge in [0.05, 0.1) is 16.7 Å². The van der Waals surface area contributed by atoms with E-state index in [2.05, 4.69) is 16.5 Å². The highest BCUT2D eigenvalue weighted by Crippen LogP contribution is 2.24. The first-order valence-electron chi connectivity index (χ1n) is 10.7. The second-order valence-electron chi connectivity index (χ2n) is 7.84. The number of Topliss-reactive ketones (excluding diaryl/α,β-unsaturated/α-hetero) is 1. The summed E-state index contributed by atoms with van der Waals surface area (Å²) in [6.45, 7) is 8.94. The van der Waals surface area contributed by atoms with Gasteiger partial charge >= 0.3 is 0 Å². The van der Waals surface area contributed by atoms with Crippen molar-refractivity contribution in [3.63, 3.8) is 0 Å². The number of carbonyl (C=O) groups excluding carboxylic acids is 1. The summed E-state index contributed by atoms with van der Waals surface area (Å²) in [5, 5.41) is 0.988. The third kappa shape index (κ3) is 4.00. The number of fused-ring (bicyclic) bond motifs is 1. The zero-order valence-corrected chi connectivity index (χ0v) is 19.6. The van der Waals surface area contributed by atoms with Crippen molar-refractivity contribution in [3.8, 4) is 5.82 Å². The molecule has 0 radical (unpaired) electrons. The minimum absolute atomic E-state index is 0.0251. The maximum atomic E-state index is 13.4. The van der Waals surface area contributed by atoms with Crippen LogP contribution in [-0.2, 0) is 6.54 Å². The Morgan fingerprint density at radius 1 is 1.09 bits per heavy atom. The van der Waals surface area contributed by atoms with Crippen LogP contribution in [0, 0.1) is 20.8 Å². The lowest BCUT2D eigenvalue weighted by Crippen LogP contribution is -2.23. The maximum Gasteiger partial charge on any atom is 0.267 e. The molecule has 3 aromatic heterocycles. The number of aryl methyl sites for hydroxylation is 2. The van der Waals surface area contributed by atoms with E-state index in [-0.39, 0.29) is 17.1 Å². The fraction of sp³-hybridized carbons (Fsp3) is 0.280. The topological polar surface area (TPSA) is 69.8 Å². The highest BCUT2D eigenvalue weighted by atomic mass is 32.2. The summed E-state index contributed by atoms with van der Waals surface area (Å²) >= 11 is 1.27. The van der Waals surface area contributed by atoms with Gasteiger partial charge in [0.2, 0.25) is 0 Å². The number of pyridine rings is 1. The summed E-state index contributed by atoms with van der Waals surface area (Å²) in [5.74, 6) is 0.747. The Kier molecular flexibility index (Phi) is 6.28. The fourth-order valence-electron chi connectivity index (χ4n) is 3.97. The Hall–Kier alpha value is -3.19. The molecule has 0 saturated heterocycles. The summed E-state index contributed by atoms with van der Waals surface area (Å²) in [6.07, 6.45) is 2.67. The lowest BCUT2D eigenvalue weighted by molar-refractivity contribution is 0.102. The average molecular weight is 447 g/mol. The maximum absolute atomic E-state index is 13.4. The minimum Gasteiger partial charge on any atom is -0.348 e. The van der Waals surface area contributed by atoms with Crippen LogP contribution in [0.5, 0.6) is 0 Å². The number of hydrogen-bond donors (Lipinski definition) is 0. The summed E-state index contributed by atoms with van der Waals surface area (Å²) in [4.78, 5) is 35.6. The van der Waals surface area contributed by atoms with E-state index >= 15 is 0 Å². The number of hydrogen-bond acceptors (Lipinski definition) is 5. The van der Waals surface area contributed by atoms with Gasteiger partial charge in [-0.05, 0) is 57.0 Å². The molecule has 0 unspecified atom stereocenters. The second kappa shape index (κ2) is 9.12. The summed E-state index contributed by atoms with van der Waals surface area (Å²) in [5.41, 5.74) is 4.09. The fourth-order valence-corrected chi connectivity index (χ4v) is 4.84. The van der Waals surface area contributed by atoms with Gasteiger partial charge in [-0.2, -0.15) is 0 Å². The Morgan fingerprint density at radius 3 is 2.62 bits per heavy atom. The number of benzene rings is 1. The van der Waals surface area contributed by atoms with Crippen molar-refractivity contribution in [2.75, 3.05) is 5.75 Å². The van der Waals surface area contributed by atoms with Crippen LogP contribution in [0.25, 0.3) is 16.7 Å². The lowest BCUT2D eigenvalue weighted by atomic mass is 10.2. The van der Waals surface area contributed by atoms with Crippen molar-refractivity contribution in [2.24, 2.45) is 0 Å². The van der Waals surface area contributed by atoms with Crippen molar-refractivity contribution in [2.45, 2.75) is 45.8 Å². The number of ketones is 1. The van der Waals surface area contributed by atoms with Gasteiger partial charge < -0.3 is 4.57 Å². The van der Waals surface area contributed by atoms with Gasteiger partial charge in [-0.3, -0.25) is 9.59 Å². The van der Waals surface area contributed by atoms with Gasteiger partial charge in [0.1, 0.15) is 5.82 Å². The zero-order valence-electron chi connectivity index (χ0n) is 18.8. The molecule has 32 heavy (non-hydrogen) atoms. The first-order valence-corrected chi connectivity index (χ1v) is 11.7. The summed E-state index contributed by atoms with van der Waals surface area (Å²) in [6, 6.07) is 13.0. The molecule has 0 bridgehead atoms. The van der Waals surface area contributed by atoms with E-state index in [9.17, 15) is 9.59 Å². The quantitative estimate of drug-likeness (QED) is 0.230. The van der Waals surface area contributed by atoms with Crippen molar-refractivity contribution < 1.29 is 4.79 Å². The predicted molar refractivity (Wildman–Crippen MR) is 129 cm³/mol. The van der Waals surface area contributed by atoms with E-state index in [1.807, 2.05) is 57.2 Å². The lowest BCUT2D eigenvalue weighted by Gasteiger charge is -2.14. The molecule has 6 nitrogen and oxygen atoms in total. The van der Waals surface area contributed by atoms with Crippen LogP contribution in [0.15, 0.2) is 58.6 Å². The molecule has 4 rings (SSSR count). The second-order valence-corrected chi connectivity index (χ2v) is 8.79. The summed E-state index contributed by atoms with van der Waals surface area (Å²) < 4.78 is 3.70. The molecule has 0 aliphatic heterocycles. The minimum atomic E-state index is -0.187. The van der Waals surface area contributed by atoms with Gasteiger partial charge in [0.25, 0.3) is 5.56 Å². The third-order valence-electron chi connectivity index (χ3n) is 5.59. The number of thioether (sulfide) groups is 1. The van der Waals surface area contributed by atoms with E-state index in [4.69, 9.17) is 4.98 Å². The molecular weight excluding hydrogens is 420 g/mol. The standard InChI is InChI=1S/C25H26N4O2S/c1-5-13-28-17(3)14-20(18(28)4)22(30)15-32-25-27-21-11-7-6-10-19(21)24(31)29(25)23-16(2)9-8-12-26-23/h6-12,14H,5,13,15H2,1-4H3. The van der Waals surface area contributed by atoms with E-state index in [0.29, 0.717) is 21.9 Å². The van der Waals surface area contributed by atoms with Crippen LogP contribution in [0.2, 0.25) is 0 Å². The van der Waals surface area contributed by atoms with Gasteiger partial charge in [0.15, 0.2) is 10.9 Å². The first kappa shape index (κ1) is 22.0. The molecule has 0 aliphatic rings. The van der Waals surface area contributed by atoms with Gasteiger partial charge in [-0.15, -0.1) is 0 Å². The van der Waals surface area contributed by atoms with Crippen molar-refractivity contribution in [1.82, 2.24) is 19.1 Å². The number of para-hydroxylation sites is 1. The number of nitrogens with zero attached hydrogens (tertiary/aromatic N) is 4. The molecule has 3 heterocycles. The normalized spacial score (nSPS) is 11.2. The van der Waals surface area contributed by atoms with Crippen molar-refractivity contribution >= 4 is 28.4 Å². The molecule has 0 saturated carbocycles. The first-order chi connectivity index (χ1) is 15.4. The Bertz CT molecular complexity index is 1370. The van der Waals surface area contributed by atoms with Gasteiger partial charge in [-0.1, -0.05) is 36.9 Å². The molecule has 1 aromatic carbocycles. The third-order valence-corrected chi connectivity index (χ3v) is 6.53. The van der Waals surface area contributed by atoms with Crippen LogP contribution in [0.3, 0.4) is 0 Å². The molecular formula is C25H26N4O2S. The number of rotatable bonds is 7. The summed E-state index contributed by atoms with van der Waals surface area (Å²) in [7, 11) is 0. The number of aromatic nitrogens is 4. The number of carbonyl (C=O) groups is 1. The molecule has 0 fully saturated rings. The Labute approximate surface area is 191 Å². The van der Waals surface area contributed by atoms with E-state index < -0.39 is 0 Å². The van der Waals surface area contributed by atoms with Crippen LogP contribution < -0.4 is 5.56 Å². The highest BCUT2D eigenvalue weighted by Gasteiger charge is 2.19.